The fourth-order valence-corrected chi connectivity index (χ4v) is 4.35. The number of likely N-dealkylation sites (tertiary alicyclic amines) is 1. The minimum Gasteiger partial charge on any atom is -0.342 e. The Morgan fingerprint density at radius 3 is 2.27 bits per heavy atom. The van der Waals surface area contributed by atoms with Crippen LogP contribution in [0.15, 0.2) is 0 Å². The molecule has 7 nitrogen and oxygen atoms in total. The second-order valence-electron chi connectivity index (χ2n) is 8.34. The summed E-state index contributed by atoms with van der Waals surface area (Å²) in [7, 11) is 4.28. The summed E-state index contributed by atoms with van der Waals surface area (Å²) < 4.78 is 2.20. The van der Waals surface area contributed by atoms with Gasteiger partial charge in [0.25, 0.3) is 0 Å². The van der Waals surface area contributed by atoms with E-state index in [4.69, 9.17) is 0 Å². The summed E-state index contributed by atoms with van der Waals surface area (Å²) in [6.07, 6.45) is 5.44. The van der Waals surface area contributed by atoms with Crippen LogP contribution in [0, 0.1) is 5.92 Å². The number of piperazine rings is 1. The standard InChI is InChI=1S/C19H32N6O/c1-22-10-12-24(13-11-22)14-17-20-21-18(23(17)2)15-6-8-25(9-7-15)19(26)16-4-3-5-16/h15-16H,3-14H2,1-2H3. The van der Waals surface area contributed by atoms with Crippen LogP contribution in [0.5, 0.6) is 0 Å². The topological polar surface area (TPSA) is 57.5 Å². The van der Waals surface area contributed by atoms with Gasteiger partial charge in [0.15, 0.2) is 0 Å². The highest BCUT2D eigenvalue weighted by Gasteiger charge is 2.33. The number of piperidine rings is 1. The van der Waals surface area contributed by atoms with Gasteiger partial charge in [0.2, 0.25) is 5.91 Å². The van der Waals surface area contributed by atoms with Crippen molar-refractivity contribution in [3.63, 3.8) is 0 Å². The highest BCUT2D eigenvalue weighted by Crippen LogP contribution is 2.32. The van der Waals surface area contributed by atoms with Gasteiger partial charge in [0.1, 0.15) is 11.6 Å². The summed E-state index contributed by atoms with van der Waals surface area (Å²) in [6, 6.07) is 0. The number of nitrogens with zero attached hydrogens (tertiary/aromatic N) is 6. The monoisotopic (exact) mass is 360 g/mol. The lowest BCUT2D eigenvalue weighted by atomic mass is 9.83. The third-order valence-electron chi connectivity index (χ3n) is 6.59. The van der Waals surface area contributed by atoms with Gasteiger partial charge in [0.05, 0.1) is 6.54 Å². The normalized spacial score (nSPS) is 24.0. The first-order valence-electron chi connectivity index (χ1n) is 10.2. The number of hydrogen-bond acceptors (Lipinski definition) is 5. The second kappa shape index (κ2) is 7.64. The van der Waals surface area contributed by atoms with Crippen molar-refractivity contribution >= 4 is 5.91 Å². The molecular formula is C19H32N6O. The van der Waals surface area contributed by atoms with Crippen molar-refractivity contribution in [3.05, 3.63) is 11.6 Å². The van der Waals surface area contributed by atoms with E-state index < -0.39 is 0 Å². The fourth-order valence-electron chi connectivity index (χ4n) is 4.35. The first-order chi connectivity index (χ1) is 12.6. The molecule has 2 saturated heterocycles. The van der Waals surface area contributed by atoms with Crippen LogP contribution in [0.2, 0.25) is 0 Å². The van der Waals surface area contributed by atoms with E-state index in [1.807, 2.05) is 0 Å². The Hall–Kier alpha value is -1.47. The van der Waals surface area contributed by atoms with Gasteiger partial charge in [-0.25, -0.2) is 0 Å². The van der Waals surface area contributed by atoms with Gasteiger partial charge in [-0.2, -0.15) is 0 Å². The zero-order valence-corrected chi connectivity index (χ0v) is 16.2. The summed E-state index contributed by atoms with van der Waals surface area (Å²) in [6.45, 7) is 7.08. The molecule has 26 heavy (non-hydrogen) atoms. The number of aromatic nitrogens is 3. The number of carbonyl (C=O) groups is 1. The van der Waals surface area contributed by atoms with E-state index in [2.05, 4.69) is 43.6 Å². The average molecular weight is 361 g/mol. The molecule has 0 atom stereocenters. The maximum atomic E-state index is 12.4. The van der Waals surface area contributed by atoms with Crippen LogP contribution in [-0.4, -0.2) is 81.7 Å². The summed E-state index contributed by atoms with van der Waals surface area (Å²) in [4.78, 5) is 19.3. The van der Waals surface area contributed by atoms with Gasteiger partial charge in [-0.3, -0.25) is 9.69 Å². The van der Waals surface area contributed by atoms with E-state index in [0.29, 0.717) is 17.7 Å². The van der Waals surface area contributed by atoms with Gasteiger partial charge in [-0.1, -0.05) is 6.42 Å². The van der Waals surface area contributed by atoms with E-state index >= 15 is 0 Å². The second-order valence-corrected chi connectivity index (χ2v) is 8.34. The van der Waals surface area contributed by atoms with E-state index in [-0.39, 0.29) is 0 Å². The first kappa shape index (κ1) is 17.9. The molecular weight excluding hydrogens is 328 g/mol. The fraction of sp³-hybridized carbons (Fsp3) is 0.842. The lowest BCUT2D eigenvalue weighted by Crippen LogP contribution is -2.44. The number of carbonyl (C=O) groups excluding carboxylic acids is 1. The Morgan fingerprint density at radius 1 is 0.962 bits per heavy atom. The molecule has 3 aliphatic rings. The molecule has 0 spiro atoms. The van der Waals surface area contributed by atoms with E-state index in [1.165, 1.54) is 6.42 Å². The van der Waals surface area contributed by atoms with Crippen molar-refractivity contribution in [2.24, 2.45) is 13.0 Å². The van der Waals surface area contributed by atoms with Crippen LogP contribution >= 0.6 is 0 Å². The van der Waals surface area contributed by atoms with Gasteiger partial charge in [-0.05, 0) is 32.7 Å². The van der Waals surface area contributed by atoms with Crippen molar-refractivity contribution < 1.29 is 4.79 Å². The zero-order chi connectivity index (χ0) is 18.1. The lowest BCUT2D eigenvalue weighted by molar-refractivity contribution is -0.139. The molecule has 0 bridgehead atoms. The molecule has 3 fully saturated rings. The average Bonchev–Trinajstić information content (AvgIpc) is 2.96. The van der Waals surface area contributed by atoms with E-state index in [9.17, 15) is 4.79 Å². The molecule has 4 rings (SSSR count). The molecule has 0 aromatic carbocycles. The van der Waals surface area contributed by atoms with Crippen molar-refractivity contribution in [2.75, 3.05) is 46.3 Å². The van der Waals surface area contributed by atoms with Crippen LogP contribution in [0.25, 0.3) is 0 Å². The van der Waals surface area contributed by atoms with Crippen LogP contribution < -0.4 is 0 Å². The van der Waals surface area contributed by atoms with Gasteiger partial charge in [0, 0.05) is 58.2 Å². The van der Waals surface area contributed by atoms with E-state index in [0.717, 1.165) is 83.1 Å². The molecule has 144 valence electrons. The van der Waals surface area contributed by atoms with Crippen LogP contribution in [-0.2, 0) is 18.4 Å². The Kier molecular flexibility index (Phi) is 5.27. The molecule has 1 aromatic rings. The Bertz CT molecular complexity index is 624. The molecule has 1 saturated carbocycles. The zero-order valence-electron chi connectivity index (χ0n) is 16.2. The van der Waals surface area contributed by atoms with Crippen LogP contribution in [0.1, 0.15) is 49.7 Å². The highest BCUT2D eigenvalue weighted by atomic mass is 16.2. The minimum atomic E-state index is 0.316. The Morgan fingerprint density at radius 2 is 1.65 bits per heavy atom. The predicted octanol–water partition coefficient (Wildman–Crippen LogP) is 1.07. The maximum absolute atomic E-state index is 12.4. The van der Waals surface area contributed by atoms with Crippen molar-refractivity contribution in [2.45, 2.75) is 44.6 Å². The SMILES string of the molecule is CN1CCN(Cc2nnc(C3CCN(C(=O)C4CCC4)CC3)n2C)CC1. The molecule has 7 heteroatoms. The largest absolute Gasteiger partial charge is 0.342 e. The Labute approximate surface area is 156 Å². The van der Waals surface area contributed by atoms with Crippen molar-refractivity contribution in [1.82, 2.24) is 29.5 Å². The number of amides is 1. The quantitative estimate of drug-likeness (QED) is 0.804. The maximum Gasteiger partial charge on any atom is 0.225 e. The molecule has 0 unspecified atom stereocenters. The number of rotatable bonds is 4. The molecule has 0 radical (unpaired) electrons. The highest BCUT2D eigenvalue weighted by molar-refractivity contribution is 5.79. The first-order valence-corrected chi connectivity index (χ1v) is 10.2. The summed E-state index contributed by atoms with van der Waals surface area (Å²) in [5.41, 5.74) is 0. The van der Waals surface area contributed by atoms with Crippen molar-refractivity contribution in [3.8, 4) is 0 Å². The van der Waals surface area contributed by atoms with Crippen LogP contribution in [0.4, 0.5) is 0 Å². The molecule has 1 amide bonds. The molecule has 1 aromatic heterocycles. The molecule has 0 N–H and O–H groups in total. The van der Waals surface area contributed by atoms with Gasteiger partial charge in [-0.15, -0.1) is 10.2 Å². The predicted molar refractivity (Wildman–Crippen MR) is 99.7 cm³/mol. The van der Waals surface area contributed by atoms with Crippen LogP contribution in [0.3, 0.4) is 0 Å². The van der Waals surface area contributed by atoms with E-state index in [1.54, 1.807) is 0 Å². The third kappa shape index (κ3) is 3.64. The smallest absolute Gasteiger partial charge is 0.225 e. The Balaban J connectivity index is 1.32. The molecule has 1 aliphatic carbocycles. The van der Waals surface area contributed by atoms with Gasteiger partial charge < -0.3 is 14.4 Å². The van der Waals surface area contributed by atoms with Gasteiger partial charge >= 0.3 is 0 Å². The summed E-state index contributed by atoms with van der Waals surface area (Å²) in [5, 5.41) is 9.01. The molecule has 2 aliphatic heterocycles. The van der Waals surface area contributed by atoms with Crippen molar-refractivity contribution in [1.29, 1.82) is 0 Å². The molecule has 3 heterocycles. The lowest BCUT2D eigenvalue weighted by Gasteiger charge is -2.36. The third-order valence-corrected chi connectivity index (χ3v) is 6.59. The number of likely N-dealkylation sites (N-methyl/N-ethyl adjacent to an activating group) is 1. The summed E-state index contributed by atoms with van der Waals surface area (Å²) in [5.74, 6) is 3.31. The minimum absolute atomic E-state index is 0.316. The number of hydrogen-bond donors (Lipinski definition) is 0. The summed E-state index contributed by atoms with van der Waals surface area (Å²) >= 11 is 0.